The van der Waals surface area contributed by atoms with Crippen molar-refractivity contribution in [1.29, 1.82) is 0 Å². The predicted octanol–water partition coefficient (Wildman–Crippen LogP) is 6.43. The zero-order chi connectivity index (χ0) is 19.8. The summed E-state index contributed by atoms with van der Waals surface area (Å²) in [5.74, 6) is 0.270. The van der Waals surface area contributed by atoms with Gasteiger partial charge >= 0.3 is 0 Å². The van der Waals surface area contributed by atoms with Gasteiger partial charge in [0.05, 0.1) is 0 Å². The van der Waals surface area contributed by atoms with Crippen molar-refractivity contribution in [1.82, 2.24) is 0 Å². The molecule has 0 saturated heterocycles. The van der Waals surface area contributed by atoms with Gasteiger partial charge in [0.1, 0.15) is 5.75 Å². The standard InChI is InChI=1S/C24H30O2S/c1-6-7-21-19-14-24(4,5)11-10-18(19)22(27-21)9-8-20(25)17-12-15(2)23(26)16(3)13-17/h8-9,12-13,26H,6-7,10-11,14H2,1-5H3. The summed E-state index contributed by atoms with van der Waals surface area (Å²) in [4.78, 5) is 15.4. The third-order valence-corrected chi connectivity index (χ3v) is 6.88. The van der Waals surface area contributed by atoms with E-state index in [9.17, 15) is 9.90 Å². The predicted molar refractivity (Wildman–Crippen MR) is 115 cm³/mol. The number of fused-ring (bicyclic) bond motifs is 1. The molecule has 3 heteroatoms. The highest BCUT2D eigenvalue weighted by atomic mass is 32.1. The first-order valence-corrected chi connectivity index (χ1v) is 10.7. The zero-order valence-electron chi connectivity index (χ0n) is 17.1. The van der Waals surface area contributed by atoms with Crippen molar-refractivity contribution in [3.05, 3.63) is 55.8 Å². The van der Waals surface area contributed by atoms with Crippen LogP contribution in [0.5, 0.6) is 5.75 Å². The number of rotatable bonds is 5. The molecule has 144 valence electrons. The van der Waals surface area contributed by atoms with E-state index in [-0.39, 0.29) is 11.5 Å². The van der Waals surface area contributed by atoms with Gasteiger partial charge in [-0.05, 0) is 91.5 Å². The van der Waals surface area contributed by atoms with Crippen LogP contribution in [0.4, 0.5) is 0 Å². The fourth-order valence-corrected chi connectivity index (χ4v) is 5.37. The molecule has 2 nitrogen and oxygen atoms in total. The highest BCUT2D eigenvalue weighted by Gasteiger charge is 2.29. The Morgan fingerprint density at radius 3 is 2.52 bits per heavy atom. The normalized spacial score (nSPS) is 15.9. The maximum absolute atomic E-state index is 12.7. The molecule has 0 amide bonds. The van der Waals surface area contributed by atoms with E-state index in [0.717, 1.165) is 36.8 Å². The molecule has 0 aliphatic heterocycles. The van der Waals surface area contributed by atoms with Crippen molar-refractivity contribution in [3.63, 3.8) is 0 Å². The molecule has 3 rings (SSSR count). The van der Waals surface area contributed by atoms with E-state index in [1.807, 2.05) is 31.3 Å². The van der Waals surface area contributed by atoms with E-state index in [2.05, 4.69) is 20.8 Å². The highest BCUT2D eigenvalue weighted by molar-refractivity contribution is 7.13. The highest BCUT2D eigenvalue weighted by Crippen LogP contribution is 2.42. The number of aromatic hydroxyl groups is 1. The number of carbonyl (C=O) groups excluding carboxylic acids is 1. The maximum atomic E-state index is 12.7. The van der Waals surface area contributed by atoms with E-state index in [0.29, 0.717) is 11.0 Å². The molecule has 0 radical (unpaired) electrons. The number of ketones is 1. The van der Waals surface area contributed by atoms with Crippen LogP contribution in [0.15, 0.2) is 18.2 Å². The van der Waals surface area contributed by atoms with Gasteiger partial charge in [-0.25, -0.2) is 0 Å². The van der Waals surface area contributed by atoms with Crippen LogP contribution in [0.1, 0.15) is 76.0 Å². The molecular formula is C24H30O2S. The molecule has 0 bridgehead atoms. The van der Waals surface area contributed by atoms with Gasteiger partial charge in [0, 0.05) is 15.3 Å². The number of carbonyl (C=O) groups is 1. The number of thiophene rings is 1. The van der Waals surface area contributed by atoms with Crippen molar-refractivity contribution in [3.8, 4) is 5.75 Å². The number of aryl methyl sites for hydroxylation is 3. The molecule has 1 aromatic heterocycles. The Kier molecular flexibility index (Phi) is 5.62. The fraction of sp³-hybridized carbons (Fsp3) is 0.458. The van der Waals surface area contributed by atoms with Crippen LogP contribution in [0.25, 0.3) is 6.08 Å². The lowest BCUT2D eigenvalue weighted by molar-refractivity contribution is 0.104. The van der Waals surface area contributed by atoms with Gasteiger partial charge in [0.15, 0.2) is 5.78 Å². The van der Waals surface area contributed by atoms with Gasteiger partial charge in [-0.1, -0.05) is 27.2 Å². The SMILES string of the molecule is CCCc1sc(C=CC(=O)c2cc(C)c(O)c(C)c2)c2c1CC(C)(C)CC2. The Labute approximate surface area is 166 Å². The van der Waals surface area contributed by atoms with E-state index in [4.69, 9.17) is 0 Å². The summed E-state index contributed by atoms with van der Waals surface area (Å²) in [6, 6.07) is 3.54. The van der Waals surface area contributed by atoms with Crippen molar-refractivity contribution in [2.75, 3.05) is 0 Å². The summed E-state index contributed by atoms with van der Waals surface area (Å²) >= 11 is 1.87. The minimum atomic E-state index is -0.00321. The largest absolute Gasteiger partial charge is 0.507 e. The first-order chi connectivity index (χ1) is 12.7. The topological polar surface area (TPSA) is 37.3 Å². The lowest BCUT2D eigenvalue weighted by atomic mass is 9.74. The molecule has 2 aromatic rings. The molecule has 1 aliphatic carbocycles. The number of hydrogen-bond acceptors (Lipinski definition) is 3. The van der Waals surface area contributed by atoms with E-state index in [1.165, 1.54) is 21.7 Å². The minimum Gasteiger partial charge on any atom is -0.507 e. The lowest BCUT2D eigenvalue weighted by Crippen LogP contribution is -2.22. The molecule has 1 N–H and O–H groups in total. The Hall–Kier alpha value is -1.87. The second-order valence-electron chi connectivity index (χ2n) is 8.59. The Morgan fingerprint density at radius 1 is 1.22 bits per heavy atom. The molecule has 0 spiro atoms. The van der Waals surface area contributed by atoms with Gasteiger partial charge in [-0.2, -0.15) is 0 Å². The van der Waals surface area contributed by atoms with Gasteiger partial charge < -0.3 is 5.11 Å². The second-order valence-corrected chi connectivity index (χ2v) is 9.73. The summed E-state index contributed by atoms with van der Waals surface area (Å²) < 4.78 is 0. The second kappa shape index (κ2) is 7.63. The lowest BCUT2D eigenvalue weighted by Gasteiger charge is -2.30. The third-order valence-electron chi connectivity index (χ3n) is 5.58. The molecule has 27 heavy (non-hydrogen) atoms. The summed E-state index contributed by atoms with van der Waals surface area (Å²) in [6.07, 6.45) is 9.45. The number of allylic oxidation sites excluding steroid dienone is 1. The molecule has 0 fully saturated rings. The average Bonchev–Trinajstić information content (AvgIpc) is 2.93. The molecular weight excluding hydrogens is 352 g/mol. The van der Waals surface area contributed by atoms with Crippen molar-refractivity contribution in [2.24, 2.45) is 5.41 Å². The minimum absolute atomic E-state index is 0.00321. The van der Waals surface area contributed by atoms with Gasteiger partial charge in [0.25, 0.3) is 0 Å². The van der Waals surface area contributed by atoms with Crippen LogP contribution in [0.3, 0.4) is 0 Å². The van der Waals surface area contributed by atoms with Crippen LogP contribution in [0, 0.1) is 19.3 Å². The van der Waals surface area contributed by atoms with E-state index < -0.39 is 0 Å². The smallest absolute Gasteiger partial charge is 0.185 e. The molecule has 0 saturated carbocycles. The summed E-state index contributed by atoms with van der Waals surface area (Å²) in [6.45, 7) is 10.6. The quantitative estimate of drug-likeness (QED) is 0.477. The monoisotopic (exact) mass is 382 g/mol. The van der Waals surface area contributed by atoms with Gasteiger partial charge in [-0.15, -0.1) is 11.3 Å². The van der Waals surface area contributed by atoms with Crippen molar-refractivity contribution < 1.29 is 9.90 Å². The van der Waals surface area contributed by atoms with E-state index >= 15 is 0 Å². The summed E-state index contributed by atoms with van der Waals surface area (Å²) in [5.41, 5.74) is 5.50. The maximum Gasteiger partial charge on any atom is 0.185 e. The van der Waals surface area contributed by atoms with Crippen molar-refractivity contribution in [2.45, 2.75) is 66.7 Å². The number of phenols is 1. The molecule has 1 aliphatic rings. The number of benzene rings is 1. The Balaban J connectivity index is 1.90. The Bertz CT molecular complexity index is 876. The molecule has 0 atom stereocenters. The molecule has 0 unspecified atom stereocenters. The first-order valence-electron chi connectivity index (χ1n) is 9.88. The third kappa shape index (κ3) is 4.19. The number of hydrogen-bond donors (Lipinski definition) is 1. The molecule has 1 aromatic carbocycles. The van der Waals surface area contributed by atoms with Crippen LogP contribution in [-0.2, 0) is 19.3 Å². The average molecular weight is 383 g/mol. The zero-order valence-corrected chi connectivity index (χ0v) is 17.9. The van der Waals surface area contributed by atoms with Gasteiger partial charge in [-0.3, -0.25) is 4.79 Å². The summed E-state index contributed by atoms with van der Waals surface area (Å²) in [7, 11) is 0. The summed E-state index contributed by atoms with van der Waals surface area (Å²) in [5, 5.41) is 9.92. The number of phenolic OH excluding ortho intramolecular Hbond substituents is 1. The van der Waals surface area contributed by atoms with Crippen LogP contribution < -0.4 is 0 Å². The first kappa shape index (κ1) is 19.9. The Morgan fingerprint density at radius 2 is 1.89 bits per heavy atom. The van der Waals surface area contributed by atoms with Crippen molar-refractivity contribution >= 4 is 23.2 Å². The van der Waals surface area contributed by atoms with Crippen LogP contribution in [-0.4, -0.2) is 10.9 Å². The van der Waals surface area contributed by atoms with Gasteiger partial charge in [0.2, 0.25) is 0 Å². The van der Waals surface area contributed by atoms with E-state index in [1.54, 1.807) is 23.8 Å². The molecule has 1 heterocycles. The van der Waals surface area contributed by atoms with Crippen LogP contribution in [0.2, 0.25) is 0 Å². The fourth-order valence-electron chi connectivity index (χ4n) is 3.99. The van der Waals surface area contributed by atoms with Crippen LogP contribution >= 0.6 is 11.3 Å².